The molecule has 0 amide bonds. The Balaban J connectivity index is 1.44. The smallest absolute Gasteiger partial charge is 0.258 e. The van der Waals surface area contributed by atoms with Crippen LogP contribution in [-0.2, 0) is 10.0 Å². The average Bonchev–Trinajstić information content (AvgIpc) is 3.24. The Kier molecular flexibility index (Phi) is 5.75. The number of aromatic nitrogens is 2. The fourth-order valence-corrected chi connectivity index (χ4v) is 5.32. The van der Waals surface area contributed by atoms with Crippen molar-refractivity contribution < 1.29 is 12.9 Å². The topological polar surface area (TPSA) is 76.3 Å². The first-order valence-electron chi connectivity index (χ1n) is 10.4. The molecule has 1 aliphatic heterocycles. The molecule has 2 aromatic carbocycles. The predicted octanol–water partition coefficient (Wildman–Crippen LogP) is 4.74. The highest BCUT2D eigenvalue weighted by molar-refractivity contribution is 7.89. The normalized spacial score (nSPS) is 16.3. The van der Waals surface area contributed by atoms with E-state index in [0.29, 0.717) is 48.5 Å². The maximum Gasteiger partial charge on any atom is 0.258 e. The van der Waals surface area contributed by atoms with E-state index >= 15 is 0 Å². The lowest BCUT2D eigenvalue weighted by atomic mass is 9.97. The van der Waals surface area contributed by atoms with Gasteiger partial charge in [0.25, 0.3) is 5.89 Å². The Morgan fingerprint density at radius 3 is 2.33 bits per heavy atom. The van der Waals surface area contributed by atoms with E-state index in [2.05, 4.69) is 24.0 Å². The van der Waals surface area contributed by atoms with Crippen molar-refractivity contribution >= 4 is 10.0 Å². The van der Waals surface area contributed by atoms with Gasteiger partial charge in [-0.2, -0.15) is 9.29 Å². The minimum atomic E-state index is -3.48. The third-order valence-electron chi connectivity index (χ3n) is 5.82. The van der Waals surface area contributed by atoms with Crippen LogP contribution >= 0.6 is 0 Å². The van der Waals surface area contributed by atoms with Crippen molar-refractivity contribution in [2.75, 3.05) is 13.1 Å². The van der Waals surface area contributed by atoms with E-state index in [4.69, 9.17) is 4.52 Å². The van der Waals surface area contributed by atoms with Gasteiger partial charge in [-0.25, -0.2) is 8.42 Å². The highest BCUT2D eigenvalue weighted by Gasteiger charge is 2.32. The Hall–Kier alpha value is -2.51. The summed E-state index contributed by atoms with van der Waals surface area (Å²) in [7, 11) is -3.48. The molecule has 7 heteroatoms. The summed E-state index contributed by atoms with van der Waals surface area (Å²) in [6, 6.07) is 15.1. The molecule has 158 valence electrons. The van der Waals surface area contributed by atoms with Crippen LogP contribution in [0.2, 0.25) is 0 Å². The van der Waals surface area contributed by atoms with Crippen LogP contribution < -0.4 is 0 Å². The average molecular weight is 426 g/mol. The maximum absolute atomic E-state index is 13.0. The summed E-state index contributed by atoms with van der Waals surface area (Å²) < 4.78 is 33.1. The van der Waals surface area contributed by atoms with Crippen molar-refractivity contribution in [3.05, 3.63) is 65.5 Å². The molecule has 0 unspecified atom stereocenters. The van der Waals surface area contributed by atoms with E-state index < -0.39 is 10.0 Å². The van der Waals surface area contributed by atoms with Crippen LogP contribution in [0.5, 0.6) is 0 Å². The molecule has 0 atom stereocenters. The first-order chi connectivity index (χ1) is 14.4. The lowest BCUT2D eigenvalue weighted by Crippen LogP contribution is -2.38. The molecule has 0 saturated carbocycles. The van der Waals surface area contributed by atoms with E-state index in [1.165, 1.54) is 0 Å². The third-order valence-corrected chi connectivity index (χ3v) is 7.73. The van der Waals surface area contributed by atoms with Gasteiger partial charge >= 0.3 is 0 Å². The molecule has 0 aliphatic carbocycles. The number of benzene rings is 2. The Labute approximate surface area is 178 Å². The second-order valence-electron chi connectivity index (χ2n) is 8.17. The number of piperidine rings is 1. The Morgan fingerprint density at radius 2 is 1.70 bits per heavy atom. The van der Waals surface area contributed by atoms with Crippen molar-refractivity contribution in [2.24, 2.45) is 0 Å². The first-order valence-corrected chi connectivity index (χ1v) is 11.8. The molecule has 4 rings (SSSR count). The summed E-state index contributed by atoms with van der Waals surface area (Å²) in [5, 5.41) is 4.17. The zero-order chi connectivity index (χ0) is 21.3. The number of sulfonamides is 1. The van der Waals surface area contributed by atoms with Gasteiger partial charge in [0.2, 0.25) is 10.0 Å². The second kappa shape index (κ2) is 8.32. The van der Waals surface area contributed by atoms with E-state index in [-0.39, 0.29) is 5.92 Å². The van der Waals surface area contributed by atoms with Gasteiger partial charge in [0.1, 0.15) is 0 Å². The lowest BCUT2D eigenvalue weighted by Gasteiger charge is -2.29. The highest BCUT2D eigenvalue weighted by atomic mass is 32.2. The van der Waals surface area contributed by atoms with E-state index in [0.717, 1.165) is 16.7 Å². The SMILES string of the molecule is Cc1ccccc1-c1nc(C2CCN(S(=O)(=O)c3ccc(C(C)C)cc3)CC2)no1. The van der Waals surface area contributed by atoms with Crippen LogP contribution in [0.3, 0.4) is 0 Å². The summed E-state index contributed by atoms with van der Waals surface area (Å²) >= 11 is 0. The first kappa shape index (κ1) is 20.8. The number of rotatable bonds is 5. The number of hydrogen-bond donors (Lipinski definition) is 0. The monoisotopic (exact) mass is 425 g/mol. The van der Waals surface area contributed by atoms with Gasteiger partial charge < -0.3 is 4.52 Å². The van der Waals surface area contributed by atoms with Crippen molar-refractivity contribution in [1.29, 1.82) is 0 Å². The van der Waals surface area contributed by atoms with E-state index in [1.54, 1.807) is 16.4 Å². The Bertz CT molecular complexity index is 1110. The van der Waals surface area contributed by atoms with Crippen molar-refractivity contribution in [2.45, 2.75) is 50.3 Å². The second-order valence-corrected chi connectivity index (χ2v) is 10.1. The number of aryl methyl sites for hydroxylation is 1. The van der Waals surface area contributed by atoms with E-state index in [1.807, 2.05) is 43.3 Å². The quantitative estimate of drug-likeness (QED) is 0.590. The fraction of sp³-hybridized carbons (Fsp3) is 0.391. The van der Waals surface area contributed by atoms with E-state index in [9.17, 15) is 8.42 Å². The van der Waals surface area contributed by atoms with Gasteiger partial charge in [-0.15, -0.1) is 0 Å². The zero-order valence-corrected chi connectivity index (χ0v) is 18.4. The van der Waals surface area contributed by atoms with Gasteiger partial charge in [0.05, 0.1) is 4.90 Å². The molecule has 1 aliphatic rings. The molecular weight excluding hydrogens is 398 g/mol. The van der Waals surface area contributed by atoms with Crippen molar-refractivity contribution in [3.8, 4) is 11.5 Å². The molecule has 30 heavy (non-hydrogen) atoms. The lowest BCUT2D eigenvalue weighted by molar-refractivity contribution is 0.307. The van der Waals surface area contributed by atoms with Gasteiger partial charge in [-0.3, -0.25) is 0 Å². The largest absolute Gasteiger partial charge is 0.334 e. The van der Waals surface area contributed by atoms with Crippen LogP contribution in [0, 0.1) is 6.92 Å². The standard InChI is InChI=1S/C23H27N3O3S/c1-16(2)18-8-10-20(11-9-18)30(27,28)26-14-12-19(13-15-26)22-24-23(29-25-22)21-7-5-4-6-17(21)3/h4-11,16,19H,12-15H2,1-3H3. The number of hydrogen-bond acceptors (Lipinski definition) is 5. The summed E-state index contributed by atoms with van der Waals surface area (Å²) in [5.41, 5.74) is 3.15. The molecular formula is C23H27N3O3S. The highest BCUT2D eigenvalue weighted by Crippen LogP contribution is 2.31. The van der Waals surface area contributed by atoms with Crippen LogP contribution in [0.1, 0.15) is 55.5 Å². The van der Waals surface area contributed by atoms with Crippen LogP contribution in [-0.4, -0.2) is 36.0 Å². The van der Waals surface area contributed by atoms with Gasteiger partial charge in [0, 0.05) is 24.6 Å². The summed E-state index contributed by atoms with van der Waals surface area (Å²) in [5.74, 6) is 1.65. The molecule has 0 N–H and O–H groups in total. The molecule has 0 spiro atoms. The molecule has 0 radical (unpaired) electrons. The molecule has 3 aromatic rings. The molecule has 0 bridgehead atoms. The summed E-state index contributed by atoms with van der Waals surface area (Å²) in [4.78, 5) is 4.94. The van der Waals surface area contributed by atoms with Crippen LogP contribution in [0.15, 0.2) is 57.9 Å². The zero-order valence-electron chi connectivity index (χ0n) is 17.6. The summed E-state index contributed by atoms with van der Waals surface area (Å²) in [6.45, 7) is 7.10. The van der Waals surface area contributed by atoms with Crippen molar-refractivity contribution in [3.63, 3.8) is 0 Å². The van der Waals surface area contributed by atoms with Gasteiger partial charge in [-0.1, -0.05) is 49.3 Å². The fourth-order valence-electron chi connectivity index (χ4n) is 3.85. The molecule has 2 heterocycles. The van der Waals surface area contributed by atoms with Gasteiger partial charge in [0.15, 0.2) is 5.82 Å². The van der Waals surface area contributed by atoms with Crippen molar-refractivity contribution in [1.82, 2.24) is 14.4 Å². The van der Waals surface area contributed by atoms with Gasteiger partial charge in [-0.05, 0) is 55.0 Å². The summed E-state index contributed by atoms with van der Waals surface area (Å²) in [6.07, 6.45) is 1.35. The minimum absolute atomic E-state index is 0.0984. The van der Waals surface area contributed by atoms with Crippen LogP contribution in [0.25, 0.3) is 11.5 Å². The van der Waals surface area contributed by atoms with Crippen LogP contribution in [0.4, 0.5) is 0 Å². The molecule has 1 saturated heterocycles. The predicted molar refractivity (Wildman–Crippen MR) is 116 cm³/mol. The molecule has 1 fully saturated rings. The third kappa shape index (κ3) is 4.04. The Morgan fingerprint density at radius 1 is 1.03 bits per heavy atom. The molecule has 6 nitrogen and oxygen atoms in total. The number of nitrogens with zero attached hydrogens (tertiary/aromatic N) is 3. The molecule has 1 aromatic heterocycles. The maximum atomic E-state index is 13.0. The minimum Gasteiger partial charge on any atom is -0.334 e.